The van der Waals surface area contributed by atoms with Crippen LogP contribution in [-0.2, 0) is 0 Å². The lowest BCUT2D eigenvalue weighted by Gasteiger charge is -2.12. The number of halogens is 2. The van der Waals surface area contributed by atoms with Crippen molar-refractivity contribution < 1.29 is 23.7 Å². The standard InChI is InChI=1S/C18H21ClN2O5.ClH/c1-23-11-6-12(24-2)8-13(7-11)26-5-4-21-18(22)14-9-15(19)16(20)10-17(14)25-3;/h6-10H,4-5,20H2,1-3H3,(H,21,22);1H. The van der Waals surface area contributed by atoms with E-state index in [0.717, 1.165) is 0 Å². The number of nitrogens with two attached hydrogens (primary N) is 1. The first kappa shape index (κ1) is 22.5. The Kier molecular flexibility index (Phi) is 8.84. The molecule has 0 saturated carbocycles. The molecule has 0 radical (unpaired) electrons. The number of ether oxygens (including phenoxy) is 4. The molecule has 0 unspecified atom stereocenters. The van der Waals surface area contributed by atoms with E-state index in [0.29, 0.717) is 34.2 Å². The van der Waals surface area contributed by atoms with Crippen molar-refractivity contribution >= 4 is 35.6 Å². The summed E-state index contributed by atoms with van der Waals surface area (Å²) in [4.78, 5) is 12.3. The van der Waals surface area contributed by atoms with E-state index in [2.05, 4.69) is 5.32 Å². The molecule has 0 aliphatic heterocycles. The molecule has 7 nitrogen and oxygen atoms in total. The van der Waals surface area contributed by atoms with Crippen LogP contribution in [0.25, 0.3) is 0 Å². The van der Waals surface area contributed by atoms with Crippen LogP contribution in [0.15, 0.2) is 30.3 Å². The number of hydrogen-bond donors (Lipinski definition) is 2. The Morgan fingerprint density at radius 1 is 1.00 bits per heavy atom. The van der Waals surface area contributed by atoms with Crippen LogP contribution in [0.1, 0.15) is 10.4 Å². The van der Waals surface area contributed by atoms with E-state index >= 15 is 0 Å². The van der Waals surface area contributed by atoms with Crippen LogP contribution >= 0.6 is 24.0 Å². The SMILES string of the molecule is COc1cc(OC)cc(OCCNC(=O)c2cc(Cl)c(N)cc2OC)c1.Cl. The number of anilines is 1. The van der Waals surface area contributed by atoms with Crippen molar-refractivity contribution in [2.75, 3.05) is 40.2 Å². The Hall–Kier alpha value is -2.51. The smallest absolute Gasteiger partial charge is 0.255 e. The average molecular weight is 417 g/mol. The molecular weight excluding hydrogens is 395 g/mol. The third-order valence-corrected chi connectivity index (χ3v) is 3.87. The van der Waals surface area contributed by atoms with Crippen molar-refractivity contribution in [2.45, 2.75) is 0 Å². The molecule has 2 aromatic carbocycles. The summed E-state index contributed by atoms with van der Waals surface area (Å²) in [6.07, 6.45) is 0. The van der Waals surface area contributed by atoms with Crippen molar-refractivity contribution in [3.8, 4) is 23.0 Å². The molecule has 0 atom stereocenters. The van der Waals surface area contributed by atoms with Crippen molar-refractivity contribution in [3.63, 3.8) is 0 Å². The van der Waals surface area contributed by atoms with Crippen molar-refractivity contribution in [2.24, 2.45) is 0 Å². The van der Waals surface area contributed by atoms with Gasteiger partial charge in [-0.2, -0.15) is 0 Å². The summed E-state index contributed by atoms with van der Waals surface area (Å²) in [5.74, 6) is 1.82. The highest BCUT2D eigenvalue weighted by molar-refractivity contribution is 6.33. The molecule has 0 aliphatic carbocycles. The van der Waals surface area contributed by atoms with E-state index in [9.17, 15) is 4.79 Å². The predicted molar refractivity (Wildman–Crippen MR) is 107 cm³/mol. The van der Waals surface area contributed by atoms with Crippen molar-refractivity contribution in [3.05, 3.63) is 40.9 Å². The summed E-state index contributed by atoms with van der Waals surface area (Å²) < 4.78 is 21.2. The number of nitrogen functional groups attached to an aromatic ring is 1. The van der Waals surface area contributed by atoms with Crippen LogP contribution in [0, 0.1) is 0 Å². The maximum atomic E-state index is 12.3. The monoisotopic (exact) mass is 416 g/mol. The van der Waals surface area contributed by atoms with Gasteiger partial charge in [0.05, 0.1) is 44.1 Å². The highest BCUT2D eigenvalue weighted by Crippen LogP contribution is 2.29. The second-order valence-corrected chi connectivity index (χ2v) is 5.63. The number of benzene rings is 2. The molecule has 148 valence electrons. The van der Waals surface area contributed by atoms with Crippen LogP contribution < -0.4 is 30.0 Å². The van der Waals surface area contributed by atoms with Gasteiger partial charge in [0.1, 0.15) is 29.6 Å². The molecular formula is C18H22Cl2N2O5. The third-order valence-electron chi connectivity index (χ3n) is 3.54. The molecule has 0 heterocycles. The van der Waals surface area contributed by atoms with Crippen molar-refractivity contribution in [1.82, 2.24) is 5.32 Å². The summed E-state index contributed by atoms with van der Waals surface area (Å²) in [7, 11) is 4.58. The lowest BCUT2D eigenvalue weighted by Crippen LogP contribution is -2.28. The molecule has 3 N–H and O–H groups in total. The summed E-state index contributed by atoms with van der Waals surface area (Å²) in [6.45, 7) is 0.538. The summed E-state index contributed by atoms with van der Waals surface area (Å²) in [5.41, 5.74) is 6.36. The Bertz CT molecular complexity index is 764. The largest absolute Gasteiger partial charge is 0.496 e. The molecule has 0 fully saturated rings. The normalized spacial score (nSPS) is 9.78. The zero-order chi connectivity index (χ0) is 19.1. The van der Waals surface area contributed by atoms with E-state index in [1.165, 1.54) is 19.2 Å². The summed E-state index contributed by atoms with van der Waals surface area (Å²) >= 11 is 5.98. The molecule has 2 rings (SSSR count). The maximum Gasteiger partial charge on any atom is 0.255 e. The van der Waals surface area contributed by atoms with Gasteiger partial charge in [-0.1, -0.05) is 11.6 Å². The Morgan fingerprint density at radius 3 is 2.15 bits per heavy atom. The predicted octanol–water partition coefficient (Wildman–Crippen LogP) is 3.18. The first-order chi connectivity index (χ1) is 12.5. The highest BCUT2D eigenvalue weighted by Gasteiger charge is 2.14. The minimum absolute atomic E-state index is 0. The van der Waals surface area contributed by atoms with Gasteiger partial charge in [-0.05, 0) is 6.07 Å². The quantitative estimate of drug-likeness (QED) is 0.507. The number of hydrogen-bond acceptors (Lipinski definition) is 6. The van der Waals surface area contributed by atoms with Gasteiger partial charge in [-0.3, -0.25) is 4.79 Å². The fraction of sp³-hybridized carbons (Fsp3) is 0.278. The third kappa shape index (κ3) is 6.01. The molecule has 2 aromatic rings. The van der Waals surface area contributed by atoms with Gasteiger partial charge >= 0.3 is 0 Å². The zero-order valence-electron chi connectivity index (χ0n) is 15.2. The second-order valence-electron chi connectivity index (χ2n) is 5.23. The molecule has 0 bridgehead atoms. The van der Waals surface area contributed by atoms with Gasteiger partial charge in [-0.25, -0.2) is 0 Å². The Balaban J connectivity index is 0.00000364. The fourth-order valence-corrected chi connectivity index (χ4v) is 2.37. The number of methoxy groups -OCH3 is 3. The van der Waals surface area contributed by atoms with Crippen LogP contribution in [0.3, 0.4) is 0 Å². The molecule has 0 spiro atoms. The number of carbonyl (C=O) groups excluding carboxylic acids is 1. The van der Waals surface area contributed by atoms with E-state index in [-0.39, 0.29) is 36.5 Å². The second kappa shape index (κ2) is 10.6. The number of amides is 1. The summed E-state index contributed by atoms with van der Waals surface area (Å²) in [6, 6.07) is 8.18. The van der Waals surface area contributed by atoms with Crippen molar-refractivity contribution in [1.29, 1.82) is 0 Å². The molecule has 1 amide bonds. The van der Waals surface area contributed by atoms with Crippen LogP contribution in [0.2, 0.25) is 5.02 Å². The Labute approximate surface area is 169 Å². The molecule has 0 saturated heterocycles. The number of carbonyl (C=O) groups is 1. The minimum atomic E-state index is -0.337. The first-order valence-electron chi connectivity index (χ1n) is 7.75. The minimum Gasteiger partial charge on any atom is -0.496 e. The first-order valence-corrected chi connectivity index (χ1v) is 8.13. The van der Waals surface area contributed by atoms with Crippen LogP contribution in [0.4, 0.5) is 5.69 Å². The van der Waals surface area contributed by atoms with Gasteiger partial charge in [0.2, 0.25) is 0 Å². The molecule has 9 heteroatoms. The van der Waals surface area contributed by atoms with Crippen LogP contribution in [0.5, 0.6) is 23.0 Å². The average Bonchev–Trinajstić information content (AvgIpc) is 2.66. The topological polar surface area (TPSA) is 92.0 Å². The van der Waals surface area contributed by atoms with E-state index in [1.807, 2.05) is 0 Å². The van der Waals surface area contributed by atoms with Crippen LogP contribution in [-0.4, -0.2) is 40.4 Å². The van der Waals surface area contributed by atoms with E-state index < -0.39 is 0 Å². The van der Waals surface area contributed by atoms with Gasteiger partial charge in [-0.15, -0.1) is 12.4 Å². The van der Waals surface area contributed by atoms with E-state index in [1.54, 1.807) is 32.4 Å². The molecule has 0 aliphatic rings. The van der Waals surface area contributed by atoms with Gasteiger partial charge in [0.15, 0.2) is 0 Å². The van der Waals surface area contributed by atoms with Gasteiger partial charge in [0, 0.05) is 24.3 Å². The maximum absolute atomic E-state index is 12.3. The fourth-order valence-electron chi connectivity index (χ4n) is 2.21. The lowest BCUT2D eigenvalue weighted by atomic mass is 10.1. The Morgan fingerprint density at radius 2 is 1.59 bits per heavy atom. The van der Waals surface area contributed by atoms with Gasteiger partial charge < -0.3 is 30.0 Å². The number of rotatable bonds is 8. The highest BCUT2D eigenvalue weighted by atomic mass is 35.5. The molecule has 27 heavy (non-hydrogen) atoms. The molecule has 0 aromatic heterocycles. The number of nitrogens with one attached hydrogen (secondary N) is 1. The van der Waals surface area contributed by atoms with Gasteiger partial charge in [0.25, 0.3) is 5.91 Å². The van der Waals surface area contributed by atoms with E-state index in [4.69, 9.17) is 36.3 Å². The lowest BCUT2D eigenvalue weighted by molar-refractivity contribution is 0.0944. The zero-order valence-corrected chi connectivity index (χ0v) is 16.8. The summed E-state index contributed by atoms with van der Waals surface area (Å²) in [5, 5.41) is 3.03.